The van der Waals surface area contributed by atoms with Gasteiger partial charge in [0.25, 0.3) is 0 Å². The fourth-order valence-electron chi connectivity index (χ4n) is 3.03. The maximum absolute atomic E-state index is 11.7. The summed E-state index contributed by atoms with van der Waals surface area (Å²) >= 11 is 7.71. The minimum atomic E-state index is -0.842. The van der Waals surface area contributed by atoms with E-state index in [2.05, 4.69) is 0 Å². The maximum Gasteiger partial charge on any atom is 0.321 e. The second kappa shape index (κ2) is 8.20. The quantitative estimate of drug-likeness (QED) is 0.768. The van der Waals surface area contributed by atoms with E-state index in [1.54, 1.807) is 36.0 Å². The number of benzene rings is 2. The summed E-state index contributed by atoms with van der Waals surface area (Å²) in [4.78, 5) is 13.7. The molecular weight excluding hydrogens is 374 g/mol. The molecule has 0 aliphatic carbocycles. The van der Waals surface area contributed by atoms with Crippen LogP contribution in [0.25, 0.3) is 0 Å². The monoisotopic (exact) mass is 393 g/mol. The summed E-state index contributed by atoms with van der Waals surface area (Å²) in [5.41, 5.74) is 1.86. The van der Waals surface area contributed by atoms with Crippen LogP contribution in [-0.4, -0.2) is 39.5 Å². The summed E-state index contributed by atoms with van der Waals surface area (Å²) in [6.07, 6.45) is 0. The van der Waals surface area contributed by atoms with Crippen molar-refractivity contribution in [3.63, 3.8) is 0 Å². The average molecular weight is 394 g/mol. The number of aromatic hydroxyl groups is 1. The third kappa shape index (κ3) is 4.09. The summed E-state index contributed by atoms with van der Waals surface area (Å²) in [6, 6.07) is 12.0. The highest BCUT2D eigenvalue weighted by molar-refractivity contribution is 7.99. The number of carboxylic acids is 1. The predicted molar refractivity (Wildman–Crippen MR) is 103 cm³/mol. The third-order valence-corrected chi connectivity index (χ3v) is 5.82. The number of hydrogen-bond acceptors (Lipinski definition) is 5. The van der Waals surface area contributed by atoms with Crippen LogP contribution in [-0.2, 0) is 11.3 Å². The summed E-state index contributed by atoms with van der Waals surface area (Å²) in [7, 11) is 0. The molecule has 0 spiro atoms. The number of rotatable bonds is 6. The molecular formula is C19H20ClNO4S. The fourth-order valence-corrected chi connectivity index (χ4v) is 4.68. The number of halogens is 1. The number of phenols is 1. The van der Waals surface area contributed by atoms with E-state index in [0.29, 0.717) is 29.7 Å². The molecule has 2 atom stereocenters. The summed E-state index contributed by atoms with van der Waals surface area (Å²) in [5.74, 6) is 0.143. The van der Waals surface area contributed by atoms with Crippen LogP contribution in [0, 0.1) is 0 Å². The second-order valence-corrected chi connectivity index (χ2v) is 7.55. The van der Waals surface area contributed by atoms with Crippen molar-refractivity contribution in [2.75, 3.05) is 12.4 Å². The SMILES string of the molecule is CCOc1cc(CN2C(C(=O)O)CSC2c2cccc(Cl)c2)ccc1O. The lowest BCUT2D eigenvalue weighted by molar-refractivity contribution is -0.142. The molecule has 2 N–H and O–H groups in total. The van der Waals surface area contributed by atoms with Crippen LogP contribution in [0.4, 0.5) is 0 Å². The van der Waals surface area contributed by atoms with Crippen molar-refractivity contribution < 1.29 is 19.7 Å². The Morgan fingerprint density at radius 3 is 2.85 bits per heavy atom. The van der Waals surface area contributed by atoms with Gasteiger partial charge in [0.15, 0.2) is 11.5 Å². The molecule has 1 aliphatic heterocycles. The van der Waals surface area contributed by atoms with Crippen LogP contribution < -0.4 is 4.74 Å². The van der Waals surface area contributed by atoms with Crippen molar-refractivity contribution in [3.05, 3.63) is 58.6 Å². The van der Waals surface area contributed by atoms with E-state index >= 15 is 0 Å². The number of phenolic OH excluding ortho intramolecular Hbond substituents is 1. The largest absolute Gasteiger partial charge is 0.504 e. The minimum Gasteiger partial charge on any atom is -0.504 e. The first kappa shape index (κ1) is 18.9. The van der Waals surface area contributed by atoms with Gasteiger partial charge in [-0.2, -0.15) is 0 Å². The van der Waals surface area contributed by atoms with Gasteiger partial charge in [-0.25, -0.2) is 0 Å². The number of thioether (sulfide) groups is 1. The van der Waals surface area contributed by atoms with E-state index in [1.165, 1.54) is 0 Å². The molecule has 2 aromatic rings. The molecule has 5 nitrogen and oxygen atoms in total. The van der Waals surface area contributed by atoms with E-state index < -0.39 is 12.0 Å². The van der Waals surface area contributed by atoms with Gasteiger partial charge in [0.1, 0.15) is 6.04 Å². The lowest BCUT2D eigenvalue weighted by Gasteiger charge is -2.27. The van der Waals surface area contributed by atoms with Gasteiger partial charge >= 0.3 is 5.97 Å². The van der Waals surface area contributed by atoms with Gasteiger partial charge in [0, 0.05) is 17.3 Å². The molecule has 1 aliphatic rings. The highest BCUT2D eigenvalue weighted by Gasteiger charge is 2.39. The Labute approximate surface area is 161 Å². The van der Waals surface area contributed by atoms with Gasteiger partial charge in [0.05, 0.1) is 12.0 Å². The van der Waals surface area contributed by atoms with E-state index in [0.717, 1.165) is 11.1 Å². The molecule has 0 saturated carbocycles. The normalized spacial score (nSPS) is 20.2. The van der Waals surface area contributed by atoms with Gasteiger partial charge in [-0.1, -0.05) is 29.8 Å². The predicted octanol–water partition coefficient (Wildman–Crippen LogP) is 4.15. The van der Waals surface area contributed by atoms with E-state index in [1.807, 2.05) is 30.0 Å². The fraction of sp³-hybridized carbons (Fsp3) is 0.316. The molecule has 1 saturated heterocycles. The van der Waals surface area contributed by atoms with Gasteiger partial charge in [-0.3, -0.25) is 9.69 Å². The Kier molecular flexibility index (Phi) is 5.96. The second-order valence-electron chi connectivity index (χ2n) is 6.00. The molecule has 0 radical (unpaired) electrons. The molecule has 7 heteroatoms. The maximum atomic E-state index is 11.7. The standard InChI is InChI=1S/C19H20ClNO4S/c1-2-25-17-8-12(6-7-16(17)22)10-21-15(19(23)24)11-26-18(21)13-4-3-5-14(20)9-13/h3-9,15,18,22H,2,10-11H2,1H3,(H,23,24). The first-order chi connectivity index (χ1) is 12.5. The van der Waals surface area contributed by atoms with Crippen molar-refractivity contribution in [3.8, 4) is 11.5 Å². The molecule has 1 heterocycles. The Balaban J connectivity index is 1.90. The van der Waals surface area contributed by atoms with Gasteiger partial charge in [0.2, 0.25) is 0 Å². The van der Waals surface area contributed by atoms with Crippen molar-refractivity contribution in [2.45, 2.75) is 24.9 Å². The molecule has 2 aromatic carbocycles. The molecule has 0 amide bonds. The molecule has 1 fully saturated rings. The number of hydrogen-bond donors (Lipinski definition) is 2. The summed E-state index contributed by atoms with van der Waals surface area (Å²) in [6.45, 7) is 2.72. The van der Waals surface area contributed by atoms with Gasteiger partial charge in [-0.05, 0) is 42.3 Å². The lowest BCUT2D eigenvalue weighted by Crippen LogP contribution is -2.38. The first-order valence-corrected chi connectivity index (χ1v) is 9.72. The minimum absolute atomic E-state index is 0.0765. The third-order valence-electron chi connectivity index (χ3n) is 4.22. The Bertz CT molecular complexity index is 801. The topological polar surface area (TPSA) is 70.0 Å². The number of aliphatic carboxylic acids is 1. The number of carbonyl (C=O) groups is 1. The van der Waals surface area contributed by atoms with Crippen molar-refractivity contribution in [2.24, 2.45) is 0 Å². The Morgan fingerprint density at radius 1 is 1.35 bits per heavy atom. The summed E-state index contributed by atoms with van der Waals surface area (Å²) < 4.78 is 5.44. The Hall–Kier alpha value is -1.89. The molecule has 2 unspecified atom stereocenters. The highest BCUT2D eigenvalue weighted by atomic mass is 35.5. The van der Waals surface area contributed by atoms with Crippen LogP contribution in [0.5, 0.6) is 11.5 Å². The van der Waals surface area contributed by atoms with E-state index in [9.17, 15) is 15.0 Å². The average Bonchev–Trinajstić information content (AvgIpc) is 3.02. The van der Waals surface area contributed by atoms with Crippen molar-refractivity contribution >= 4 is 29.3 Å². The zero-order chi connectivity index (χ0) is 18.7. The molecule has 138 valence electrons. The Morgan fingerprint density at radius 2 is 2.15 bits per heavy atom. The smallest absolute Gasteiger partial charge is 0.321 e. The van der Waals surface area contributed by atoms with Crippen LogP contribution in [0.15, 0.2) is 42.5 Å². The van der Waals surface area contributed by atoms with Gasteiger partial charge < -0.3 is 14.9 Å². The highest BCUT2D eigenvalue weighted by Crippen LogP contribution is 2.43. The zero-order valence-electron chi connectivity index (χ0n) is 14.3. The number of nitrogens with zero attached hydrogens (tertiary/aromatic N) is 1. The molecule has 26 heavy (non-hydrogen) atoms. The van der Waals surface area contributed by atoms with Gasteiger partial charge in [-0.15, -0.1) is 11.8 Å². The number of ether oxygens (including phenoxy) is 1. The van der Waals surface area contributed by atoms with Crippen LogP contribution in [0.2, 0.25) is 5.02 Å². The lowest BCUT2D eigenvalue weighted by atomic mass is 10.1. The number of carboxylic acid groups (broad SMARTS) is 1. The van der Waals surface area contributed by atoms with Crippen LogP contribution in [0.1, 0.15) is 23.4 Å². The van der Waals surface area contributed by atoms with E-state index in [-0.39, 0.29) is 11.1 Å². The van der Waals surface area contributed by atoms with E-state index in [4.69, 9.17) is 16.3 Å². The molecule has 3 rings (SSSR count). The van der Waals surface area contributed by atoms with Crippen LogP contribution in [0.3, 0.4) is 0 Å². The first-order valence-electron chi connectivity index (χ1n) is 8.30. The molecule has 0 aromatic heterocycles. The molecule has 0 bridgehead atoms. The van der Waals surface area contributed by atoms with Crippen molar-refractivity contribution in [1.82, 2.24) is 4.90 Å². The zero-order valence-corrected chi connectivity index (χ0v) is 15.8. The van der Waals surface area contributed by atoms with Crippen molar-refractivity contribution in [1.29, 1.82) is 0 Å². The summed E-state index contributed by atoms with van der Waals surface area (Å²) in [5, 5.41) is 20.0. The van der Waals surface area contributed by atoms with Crippen LogP contribution >= 0.6 is 23.4 Å².